The number of hydrogen-bond acceptors (Lipinski definition) is 6. The number of hydrogen-bond donors (Lipinski definition) is 0. The van der Waals surface area contributed by atoms with E-state index in [2.05, 4.69) is 16.0 Å². The van der Waals surface area contributed by atoms with Gasteiger partial charge in [-0.2, -0.15) is 0 Å². The van der Waals surface area contributed by atoms with Gasteiger partial charge in [0.25, 0.3) is 0 Å². The number of fused-ring (bicyclic) bond motifs is 1. The van der Waals surface area contributed by atoms with Crippen molar-refractivity contribution in [2.24, 2.45) is 0 Å². The van der Waals surface area contributed by atoms with Crippen LogP contribution in [0.5, 0.6) is 0 Å². The van der Waals surface area contributed by atoms with Gasteiger partial charge >= 0.3 is 0 Å². The van der Waals surface area contributed by atoms with E-state index in [1.54, 1.807) is 7.11 Å². The molecule has 0 unspecified atom stereocenters. The highest BCUT2D eigenvalue weighted by atomic mass is 16.6. The van der Waals surface area contributed by atoms with E-state index in [0.29, 0.717) is 19.1 Å². The molecule has 3 heterocycles. The van der Waals surface area contributed by atoms with E-state index in [-0.39, 0.29) is 24.4 Å². The molecule has 4 atom stereocenters. The number of aromatic nitrogens is 2. The third kappa shape index (κ3) is 2.73. The molecule has 0 aromatic carbocycles. The Hall–Kier alpha value is -1.24. The standard InChI is InChI=1S/C17H25N3O3/c1-20(13-9-22-16-14(21-2)10-23-15(13)16)17-18-8-7-12(19-17)11-5-3-4-6-11/h7-8,11,13-16H,3-6,9-10H2,1-2H3/t13-,14-,15-,16+/m1/s1. The van der Waals surface area contributed by atoms with Crippen LogP contribution in [0.4, 0.5) is 5.95 Å². The smallest absolute Gasteiger partial charge is 0.225 e. The molecule has 0 amide bonds. The molecule has 2 saturated heterocycles. The molecule has 0 radical (unpaired) electrons. The Morgan fingerprint density at radius 2 is 1.96 bits per heavy atom. The van der Waals surface area contributed by atoms with Crippen LogP contribution >= 0.6 is 0 Å². The van der Waals surface area contributed by atoms with Gasteiger partial charge in [0.05, 0.1) is 19.3 Å². The Balaban J connectivity index is 1.51. The van der Waals surface area contributed by atoms with Gasteiger partial charge in [0.15, 0.2) is 0 Å². The highest BCUT2D eigenvalue weighted by Gasteiger charge is 2.49. The van der Waals surface area contributed by atoms with Crippen LogP contribution in [0, 0.1) is 0 Å². The fraction of sp³-hybridized carbons (Fsp3) is 0.765. The summed E-state index contributed by atoms with van der Waals surface area (Å²) in [5.41, 5.74) is 1.18. The molecule has 6 heteroatoms. The van der Waals surface area contributed by atoms with Gasteiger partial charge in [-0.3, -0.25) is 0 Å². The minimum absolute atomic E-state index is 0.0189. The molecule has 0 N–H and O–H groups in total. The lowest BCUT2D eigenvalue weighted by Gasteiger charge is -2.27. The molecule has 0 spiro atoms. The second-order valence-corrected chi connectivity index (χ2v) is 6.81. The van der Waals surface area contributed by atoms with Crippen molar-refractivity contribution in [1.82, 2.24) is 9.97 Å². The first-order valence-electron chi connectivity index (χ1n) is 8.59. The Morgan fingerprint density at radius 3 is 2.74 bits per heavy atom. The first kappa shape index (κ1) is 15.3. The zero-order valence-electron chi connectivity index (χ0n) is 13.9. The molecular formula is C17H25N3O3. The van der Waals surface area contributed by atoms with Gasteiger partial charge < -0.3 is 19.1 Å². The van der Waals surface area contributed by atoms with Crippen molar-refractivity contribution < 1.29 is 14.2 Å². The van der Waals surface area contributed by atoms with Crippen molar-refractivity contribution in [3.05, 3.63) is 18.0 Å². The summed E-state index contributed by atoms with van der Waals surface area (Å²) in [5.74, 6) is 1.37. The van der Waals surface area contributed by atoms with Gasteiger partial charge in [-0.25, -0.2) is 9.97 Å². The molecule has 2 aliphatic heterocycles. The normalized spacial score (nSPS) is 34.0. The van der Waals surface area contributed by atoms with Crippen LogP contribution < -0.4 is 4.90 Å². The topological polar surface area (TPSA) is 56.7 Å². The van der Waals surface area contributed by atoms with Gasteiger partial charge in [-0.15, -0.1) is 0 Å². The molecular weight excluding hydrogens is 294 g/mol. The molecule has 1 aliphatic carbocycles. The lowest BCUT2D eigenvalue weighted by molar-refractivity contribution is -0.00783. The first-order valence-corrected chi connectivity index (χ1v) is 8.59. The molecule has 1 aromatic heterocycles. The summed E-state index contributed by atoms with van der Waals surface area (Å²) in [6.45, 7) is 1.22. The number of methoxy groups -OCH3 is 1. The van der Waals surface area contributed by atoms with Crippen molar-refractivity contribution in [2.45, 2.75) is 56.0 Å². The van der Waals surface area contributed by atoms with Gasteiger partial charge in [-0.05, 0) is 18.9 Å². The third-order valence-electron chi connectivity index (χ3n) is 5.54. The van der Waals surface area contributed by atoms with Crippen LogP contribution in [0.3, 0.4) is 0 Å². The second-order valence-electron chi connectivity index (χ2n) is 6.81. The summed E-state index contributed by atoms with van der Waals surface area (Å²) in [5, 5.41) is 0. The first-order chi connectivity index (χ1) is 11.3. The quantitative estimate of drug-likeness (QED) is 0.843. The van der Waals surface area contributed by atoms with E-state index in [9.17, 15) is 0 Å². The van der Waals surface area contributed by atoms with E-state index in [0.717, 1.165) is 5.95 Å². The van der Waals surface area contributed by atoms with Crippen molar-refractivity contribution in [3.63, 3.8) is 0 Å². The van der Waals surface area contributed by atoms with E-state index in [4.69, 9.17) is 19.2 Å². The van der Waals surface area contributed by atoms with E-state index in [1.165, 1.54) is 31.4 Å². The molecule has 126 valence electrons. The SMILES string of the molecule is CO[C@@H]1CO[C@H]2[C@H]1OC[C@H]2N(C)c1nccc(C2CCCC2)n1. The monoisotopic (exact) mass is 319 g/mol. The molecule has 23 heavy (non-hydrogen) atoms. The summed E-state index contributed by atoms with van der Waals surface area (Å²) < 4.78 is 17.3. The van der Waals surface area contributed by atoms with E-state index >= 15 is 0 Å². The predicted molar refractivity (Wildman–Crippen MR) is 85.7 cm³/mol. The average Bonchev–Trinajstić information content (AvgIpc) is 3.31. The number of likely N-dealkylation sites (N-methyl/N-ethyl adjacent to an activating group) is 1. The molecule has 1 aromatic rings. The Bertz CT molecular complexity index is 550. The lowest BCUT2D eigenvalue weighted by atomic mass is 10.0. The van der Waals surface area contributed by atoms with Gasteiger partial charge in [0, 0.05) is 32.0 Å². The molecule has 3 aliphatic rings. The number of nitrogens with zero attached hydrogens (tertiary/aromatic N) is 3. The Kier molecular flexibility index (Phi) is 4.22. The van der Waals surface area contributed by atoms with Crippen molar-refractivity contribution in [2.75, 3.05) is 32.3 Å². The summed E-state index contributed by atoms with van der Waals surface area (Å²) in [6, 6.07) is 2.20. The van der Waals surface area contributed by atoms with Crippen LogP contribution in [0.2, 0.25) is 0 Å². The lowest BCUT2D eigenvalue weighted by Crippen LogP contribution is -2.43. The van der Waals surface area contributed by atoms with E-state index in [1.807, 2.05) is 13.2 Å². The van der Waals surface area contributed by atoms with Crippen molar-refractivity contribution in [3.8, 4) is 0 Å². The number of rotatable bonds is 4. The van der Waals surface area contributed by atoms with Crippen LogP contribution in [0.1, 0.15) is 37.3 Å². The maximum Gasteiger partial charge on any atom is 0.225 e. The summed E-state index contributed by atoms with van der Waals surface area (Å²) in [7, 11) is 3.75. The van der Waals surface area contributed by atoms with Gasteiger partial charge in [0.1, 0.15) is 18.3 Å². The Morgan fingerprint density at radius 1 is 1.17 bits per heavy atom. The maximum atomic E-state index is 5.92. The largest absolute Gasteiger partial charge is 0.376 e. The molecule has 0 bridgehead atoms. The highest BCUT2D eigenvalue weighted by Crippen LogP contribution is 2.35. The zero-order valence-corrected chi connectivity index (χ0v) is 13.9. The fourth-order valence-electron chi connectivity index (χ4n) is 4.11. The van der Waals surface area contributed by atoms with Crippen LogP contribution in [0.25, 0.3) is 0 Å². The van der Waals surface area contributed by atoms with Gasteiger partial charge in [-0.1, -0.05) is 12.8 Å². The number of ether oxygens (including phenoxy) is 3. The predicted octanol–water partition coefficient (Wildman–Crippen LogP) is 1.75. The molecule has 3 fully saturated rings. The summed E-state index contributed by atoms with van der Waals surface area (Å²) in [6.07, 6.45) is 7.08. The fourth-order valence-corrected chi connectivity index (χ4v) is 4.11. The minimum Gasteiger partial charge on any atom is -0.376 e. The minimum atomic E-state index is 0.0189. The highest BCUT2D eigenvalue weighted by molar-refractivity contribution is 5.33. The molecule has 6 nitrogen and oxygen atoms in total. The maximum absolute atomic E-state index is 5.92. The van der Waals surface area contributed by atoms with Crippen LogP contribution in [0.15, 0.2) is 12.3 Å². The average molecular weight is 319 g/mol. The zero-order chi connectivity index (χ0) is 15.8. The summed E-state index contributed by atoms with van der Waals surface area (Å²) >= 11 is 0. The second kappa shape index (κ2) is 6.34. The van der Waals surface area contributed by atoms with Crippen molar-refractivity contribution in [1.29, 1.82) is 0 Å². The van der Waals surface area contributed by atoms with Crippen LogP contribution in [-0.4, -0.2) is 61.7 Å². The van der Waals surface area contributed by atoms with Crippen LogP contribution in [-0.2, 0) is 14.2 Å². The van der Waals surface area contributed by atoms with Crippen molar-refractivity contribution >= 4 is 5.95 Å². The van der Waals surface area contributed by atoms with Gasteiger partial charge in [0.2, 0.25) is 5.95 Å². The molecule has 4 rings (SSSR count). The van der Waals surface area contributed by atoms with E-state index < -0.39 is 0 Å². The Labute approximate surface area is 137 Å². The summed E-state index contributed by atoms with van der Waals surface area (Å²) in [4.78, 5) is 11.4. The molecule has 1 saturated carbocycles. The number of anilines is 1. The third-order valence-corrected chi connectivity index (χ3v) is 5.54.